The lowest BCUT2D eigenvalue weighted by Gasteiger charge is -2.53. The van der Waals surface area contributed by atoms with Crippen LogP contribution in [-0.2, 0) is 4.79 Å². The number of aromatic nitrogens is 2. The lowest BCUT2D eigenvalue weighted by molar-refractivity contribution is -0.126. The zero-order chi connectivity index (χ0) is 16.1. The normalized spacial score (nSPS) is 25.2. The summed E-state index contributed by atoms with van der Waals surface area (Å²) in [6.45, 7) is 4.30. The van der Waals surface area contributed by atoms with Crippen molar-refractivity contribution in [3.8, 4) is 0 Å². The summed E-state index contributed by atoms with van der Waals surface area (Å²) in [7, 11) is 0. The maximum absolute atomic E-state index is 12.2. The molecule has 0 atom stereocenters. The van der Waals surface area contributed by atoms with Gasteiger partial charge in [-0.1, -0.05) is 18.7 Å². The summed E-state index contributed by atoms with van der Waals surface area (Å²) in [6, 6.07) is 0.393. The number of nitrogens with zero attached hydrogens (tertiary/aromatic N) is 3. The number of hydrogen-bond acceptors (Lipinski definition) is 6. The number of amides is 1. The molecule has 1 spiro atoms. The maximum Gasteiger partial charge on any atom is 0.226 e. The van der Waals surface area contributed by atoms with E-state index < -0.39 is 0 Å². The molecule has 0 bridgehead atoms. The number of carbonyl (C=O) groups excluding carboxylic acids is 1. The quantitative estimate of drug-likeness (QED) is 0.845. The summed E-state index contributed by atoms with van der Waals surface area (Å²) in [5.74, 6) is 0.284. The number of thioether (sulfide) groups is 1. The van der Waals surface area contributed by atoms with Crippen LogP contribution in [0.15, 0.2) is 5.16 Å². The van der Waals surface area contributed by atoms with Crippen LogP contribution in [0.3, 0.4) is 0 Å². The average molecular weight is 353 g/mol. The summed E-state index contributed by atoms with van der Waals surface area (Å²) < 4.78 is 4.35. The zero-order valence-electron chi connectivity index (χ0n) is 13.8. The molecule has 7 heteroatoms. The summed E-state index contributed by atoms with van der Waals surface area (Å²) in [4.78, 5) is 19.1. The minimum Gasteiger partial charge on any atom is -0.353 e. The second kappa shape index (κ2) is 5.62. The second-order valence-corrected chi connectivity index (χ2v) is 9.23. The van der Waals surface area contributed by atoms with Crippen LogP contribution in [0, 0.1) is 10.8 Å². The van der Waals surface area contributed by atoms with Gasteiger partial charge in [0.2, 0.25) is 16.2 Å². The van der Waals surface area contributed by atoms with Crippen LogP contribution < -0.4 is 10.2 Å². The Morgan fingerprint density at radius 2 is 2.00 bits per heavy atom. The predicted octanol–water partition coefficient (Wildman–Crippen LogP) is 2.93. The van der Waals surface area contributed by atoms with E-state index in [1.165, 1.54) is 24.4 Å². The van der Waals surface area contributed by atoms with E-state index in [0.29, 0.717) is 11.5 Å². The highest BCUT2D eigenvalue weighted by molar-refractivity contribution is 7.98. The molecule has 0 radical (unpaired) electrons. The van der Waals surface area contributed by atoms with Crippen molar-refractivity contribution in [1.29, 1.82) is 0 Å². The van der Waals surface area contributed by atoms with Crippen molar-refractivity contribution in [1.82, 2.24) is 14.7 Å². The third-order valence-corrected chi connectivity index (χ3v) is 7.27. The standard InChI is InChI=1S/C16H24N4OS2/c1-15(7-8-15)12(21)17-11-3-5-16(6-4-11)9-20(10-16)14-18-13(22-2)19-23-14/h11H,3-10H2,1-2H3,(H,17,21). The van der Waals surface area contributed by atoms with Gasteiger partial charge in [-0.15, -0.1) is 0 Å². The molecule has 3 fully saturated rings. The fourth-order valence-corrected chi connectivity index (χ4v) is 5.00. The second-order valence-electron chi connectivity index (χ2n) is 7.73. The van der Waals surface area contributed by atoms with Crippen LogP contribution in [0.5, 0.6) is 0 Å². The van der Waals surface area contributed by atoms with E-state index in [1.54, 1.807) is 11.8 Å². The van der Waals surface area contributed by atoms with Gasteiger partial charge >= 0.3 is 0 Å². The van der Waals surface area contributed by atoms with Gasteiger partial charge in [-0.3, -0.25) is 4.79 Å². The molecule has 2 heterocycles. The number of anilines is 1. The first kappa shape index (κ1) is 15.7. The molecule has 2 saturated carbocycles. The topological polar surface area (TPSA) is 58.1 Å². The molecular formula is C16H24N4OS2. The molecule has 0 unspecified atom stereocenters. The van der Waals surface area contributed by atoms with Crippen molar-refractivity contribution in [2.45, 2.75) is 56.6 Å². The van der Waals surface area contributed by atoms with Crippen molar-refractivity contribution < 1.29 is 4.79 Å². The molecule has 23 heavy (non-hydrogen) atoms. The molecule has 126 valence electrons. The van der Waals surface area contributed by atoms with Crippen LogP contribution in [-0.4, -0.2) is 40.7 Å². The molecule has 1 saturated heterocycles. The fourth-order valence-electron chi connectivity index (χ4n) is 3.78. The maximum atomic E-state index is 12.2. The number of carbonyl (C=O) groups is 1. The highest BCUT2D eigenvalue weighted by Crippen LogP contribution is 2.47. The number of nitrogens with one attached hydrogen (secondary N) is 1. The van der Waals surface area contributed by atoms with Gasteiger partial charge < -0.3 is 10.2 Å². The Bertz CT molecular complexity index is 597. The SMILES string of the molecule is CSc1nsc(N2CC3(CCC(NC(=O)C4(C)CC4)CC3)C2)n1. The average Bonchev–Trinajstić information content (AvgIpc) is 3.11. The van der Waals surface area contributed by atoms with Crippen molar-refractivity contribution in [2.75, 3.05) is 24.2 Å². The van der Waals surface area contributed by atoms with Crippen molar-refractivity contribution in [2.24, 2.45) is 10.8 Å². The minimum absolute atomic E-state index is 0.0464. The third kappa shape index (κ3) is 2.97. The van der Waals surface area contributed by atoms with Gasteiger partial charge in [-0.2, -0.15) is 9.36 Å². The molecule has 1 amide bonds. The van der Waals surface area contributed by atoms with Crippen molar-refractivity contribution >= 4 is 34.3 Å². The van der Waals surface area contributed by atoms with E-state index in [0.717, 1.165) is 49.1 Å². The lowest BCUT2D eigenvalue weighted by Crippen LogP contribution is -2.59. The smallest absolute Gasteiger partial charge is 0.226 e. The Morgan fingerprint density at radius 1 is 1.30 bits per heavy atom. The van der Waals surface area contributed by atoms with Gasteiger partial charge in [0.25, 0.3) is 0 Å². The van der Waals surface area contributed by atoms with Crippen LogP contribution in [0.25, 0.3) is 0 Å². The highest BCUT2D eigenvalue weighted by atomic mass is 32.2. The Morgan fingerprint density at radius 3 is 2.57 bits per heavy atom. The Labute approximate surface area is 145 Å². The van der Waals surface area contributed by atoms with Crippen LogP contribution >= 0.6 is 23.3 Å². The largest absolute Gasteiger partial charge is 0.353 e. The Hall–Kier alpha value is -0.820. The van der Waals surface area contributed by atoms with Crippen LogP contribution in [0.1, 0.15) is 45.4 Å². The number of hydrogen-bond donors (Lipinski definition) is 1. The molecule has 1 aliphatic heterocycles. The summed E-state index contributed by atoms with van der Waals surface area (Å²) in [6.07, 6.45) is 8.83. The van der Waals surface area contributed by atoms with E-state index >= 15 is 0 Å². The summed E-state index contributed by atoms with van der Waals surface area (Å²) >= 11 is 3.11. The van der Waals surface area contributed by atoms with E-state index in [4.69, 9.17) is 0 Å². The molecule has 4 rings (SSSR count). The van der Waals surface area contributed by atoms with Gasteiger partial charge in [-0.25, -0.2) is 0 Å². The Kier molecular flexibility index (Phi) is 3.83. The van der Waals surface area contributed by atoms with Crippen molar-refractivity contribution in [3.63, 3.8) is 0 Å². The molecule has 2 aliphatic carbocycles. The van der Waals surface area contributed by atoms with Crippen LogP contribution in [0.4, 0.5) is 5.13 Å². The molecular weight excluding hydrogens is 328 g/mol. The van der Waals surface area contributed by atoms with Gasteiger partial charge in [0, 0.05) is 41.5 Å². The van der Waals surface area contributed by atoms with Gasteiger partial charge in [0.15, 0.2) is 0 Å². The van der Waals surface area contributed by atoms with Gasteiger partial charge in [0.1, 0.15) is 0 Å². The van der Waals surface area contributed by atoms with Gasteiger partial charge in [-0.05, 0) is 44.8 Å². The van der Waals surface area contributed by atoms with E-state index in [2.05, 4.69) is 26.5 Å². The molecule has 0 aromatic carbocycles. The molecule has 5 nitrogen and oxygen atoms in total. The van der Waals surface area contributed by atoms with E-state index in [-0.39, 0.29) is 11.3 Å². The Balaban J connectivity index is 1.26. The van der Waals surface area contributed by atoms with E-state index in [9.17, 15) is 4.79 Å². The minimum atomic E-state index is -0.0464. The summed E-state index contributed by atoms with van der Waals surface area (Å²) in [5, 5.41) is 5.23. The highest BCUT2D eigenvalue weighted by Gasteiger charge is 2.48. The zero-order valence-corrected chi connectivity index (χ0v) is 15.4. The first-order valence-electron chi connectivity index (χ1n) is 8.46. The van der Waals surface area contributed by atoms with Gasteiger partial charge in [0.05, 0.1) is 0 Å². The molecule has 1 N–H and O–H groups in total. The first-order valence-corrected chi connectivity index (χ1v) is 10.5. The van der Waals surface area contributed by atoms with E-state index in [1.807, 2.05) is 6.26 Å². The third-order valence-electron chi connectivity index (χ3n) is 5.83. The summed E-state index contributed by atoms with van der Waals surface area (Å²) in [5.41, 5.74) is 0.408. The monoisotopic (exact) mass is 352 g/mol. The fraction of sp³-hybridized carbons (Fsp3) is 0.812. The van der Waals surface area contributed by atoms with Crippen LogP contribution in [0.2, 0.25) is 0 Å². The predicted molar refractivity (Wildman–Crippen MR) is 94.1 cm³/mol. The first-order chi connectivity index (χ1) is 11.0. The lowest BCUT2D eigenvalue weighted by atomic mass is 9.67. The number of rotatable bonds is 4. The molecule has 3 aliphatic rings. The molecule has 1 aromatic heterocycles. The molecule has 1 aromatic rings. The van der Waals surface area contributed by atoms with Crippen molar-refractivity contribution in [3.05, 3.63) is 0 Å².